The third-order valence-electron chi connectivity index (χ3n) is 4.74. The molecular weight excluding hydrogens is 442 g/mol. The molecule has 1 atom stereocenters. The van der Waals surface area contributed by atoms with E-state index >= 15 is 0 Å². The van der Waals surface area contributed by atoms with E-state index in [1.165, 1.54) is 28.7 Å². The third-order valence-corrected chi connectivity index (χ3v) is 6.36. The molecule has 0 bridgehead atoms. The topological polar surface area (TPSA) is 80.1 Å². The Morgan fingerprint density at radius 3 is 2.89 bits per heavy atom. The van der Waals surface area contributed by atoms with Gasteiger partial charge < -0.3 is 10.2 Å². The lowest BCUT2D eigenvalue weighted by atomic mass is 10.0. The van der Waals surface area contributed by atoms with Crippen molar-refractivity contribution in [2.75, 3.05) is 23.3 Å². The first kappa shape index (κ1) is 19.1. The summed E-state index contributed by atoms with van der Waals surface area (Å²) in [5.41, 5.74) is 0.895. The molecule has 0 saturated carbocycles. The normalized spacial score (nSPS) is 17.1. The number of thiazole rings is 1. The number of aromatic nitrogens is 3. The van der Waals surface area contributed by atoms with Crippen LogP contribution >= 0.6 is 27.3 Å². The molecule has 1 aliphatic heterocycles. The van der Waals surface area contributed by atoms with Crippen molar-refractivity contribution in [3.05, 3.63) is 45.4 Å². The zero-order valence-electron chi connectivity index (χ0n) is 15.4. The summed E-state index contributed by atoms with van der Waals surface area (Å²) in [6.45, 7) is 4.04. The van der Waals surface area contributed by atoms with Crippen LogP contribution in [0.3, 0.4) is 0 Å². The van der Waals surface area contributed by atoms with Gasteiger partial charge in [0.25, 0.3) is 5.56 Å². The Labute approximate surface area is 174 Å². The summed E-state index contributed by atoms with van der Waals surface area (Å²) in [6, 6.07) is 7.27. The molecule has 0 aliphatic carbocycles. The average Bonchev–Trinajstić information content (AvgIpc) is 3.11. The minimum Gasteiger partial charge on any atom is -0.348 e. The Kier molecular flexibility index (Phi) is 5.45. The monoisotopic (exact) mass is 461 g/mol. The highest BCUT2D eigenvalue weighted by Crippen LogP contribution is 2.29. The molecule has 0 radical (unpaired) electrons. The lowest BCUT2D eigenvalue weighted by molar-refractivity contribution is -0.116. The first-order chi connectivity index (χ1) is 13.5. The number of nitrogens with one attached hydrogen (secondary N) is 1. The second-order valence-electron chi connectivity index (χ2n) is 7.08. The van der Waals surface area contributed by atoms with Crippen molar-refractivity contribution in [2.45, 2.75) is 26.3 Å². The van der Waals surface area contributed by atoms with Gasteiger partial charge >= 0.3 is 0 Å². The molecule has 0 spiro atoms. The lowest BCUT2D eigenvalue weighted by Crippen LogP contribution is -2.34. The summed E-state index contributed by atoms with van der Waals surface area (Å²) in [4.78, 5) is 36.2. The predicted molar refractivity (Wildman–Crippen MR) is 115 cm³/mol. The van der Waals surface area contributed by atoms with Crippen LogP contribution in [-0.2, 0) is 11.3 Å². The van der Waals surface area contributed by atoms with Crippen LogP contribution in [0.1, 0.15) is 19.8 Å². The number of piperidine rings is 1. The number of rotatable bonds is 4. The molecule has 1 saturated heterocycles. The molecule has 2 aromatic heterocycles. The maximum atomic E-state index is 12.8. The SMILES string of the molecule is CC1CCCN(c2nc3ncn(CC(=O)Nc4ccc(Br)cc4)c(=O)c3s2)C1. The fraction of sp³-hybridized carbons (Fsp3) is 0.368. The minimum absolute atomic E-state index is 0.0914. The number of benzene rings is 1. The zero-order chi connectivity index (χ0) is 19.7. The molecule has 146 valence electrons. The van der Waals surface area contributed by atoms with Gasteiger partial charge in [0.05, 0.1) is 0 Å². The second-order valence-corrected chi connectivity index (χ2v) is 8.97. The van der Waals surface area contributed by atoms with Crippen LogP contribution in [0.2, 0.25) is 0 Å². The molecular formula is C19H20BrN5O2S. The third kappa shape index (κ3) is 4.10. The summed E-state index contributed by atoms with van der Waals surface area (Å²) in [5, 5.41) is 3.62. The average molecular weight is 462 g/mol. The lowest BCUT2D eigenvalue weighted by Gasteiger charge is -2.30. The molecule has 3 aromatic rings. The summed E-state index contributed by atoms with van der Waals surface area (Å²) < 4.78 is 2.75. The maximum Gasteiger partial charge on any atom is 0.273 e. The highest BCUT2D eigenvalue weighted by Gasteiger charge is 2.21. The predicted octanol–water partition coefficient (Wildman–Crippen LogP) is 3.49. The van der Waals surface area contributed by atoms with Gasteiger partial charge in [0.2, 0.25) is 5.91 Å². The number of carbonyl (C=O) groups excluding carboxylic acids is 1. The summed E-state index contributed by atoms with van der Waals surface area (Å²) in [6.07, 6.45) is 3.75. The molecule has 4 rings (SSSR count). The van der Waals surface area contributed by atoms with Crippen LogP contribution in [0.4, 0.5) is 10.8 Å². The van der Waals surface area contributed by atoms with Gasteiger partial charge in [0, 0.05) is 23.2 Å². The van der Waals surface area contributed by atoms with Crippen molar-refractivity contribution in [3.63, 3.8) is 0 Å². The molecule has 3 heterocycles. The van der Waals surface area contributed by atoms with E-state index in [4.69, 9.17) is 0 Å². The van der Waals surface area contributed by atoms with Crippen molar-refractivity contribution in [3.8, 4) is 0 Å². The van der Waals surface area contributed by atoms with E-state index in [-0.39, 0.29) is 18.0 Å². The van der Waals surface area contributed by atoms with E-state index in [0.717, 1.165) is 29.1 Å². The standard InChI is InChI=1S/C19H20BrN5O2S/c1-12-3-2-8-24(9-12)19-23-17-16(28-19)18(27)25(11-21-17)10-15(26)22-14-6-4-13(20)5-7-14/h4-7,11-12H,2-3,8-10H2,1H3,(H,22,26). The Balaban J connectivity index is 1.53. The van der Waals surface area contributed by atoms with Crippen LogP contribution in [0, 0.1) is 5.92 Å². The molecule has 28 heavy (non-hydrogen) atoms. The van der Waals surface area contributed by atoms with Gasteiger partial charge in [-0.05, 0) is 43.0 Å². The van der Waals surface area contributed by atoms with Crippen molar-refractivity contribution >= 4 is 54.3 Å². The van der Waals surface area contributed by atoms with E-state index < -0.39 is 0 Å². The van der Waals surface area contributed by atoms with E-state index in [1.807, 2.05) is 12.1 Å². The first-order valence-electron chi connectivity index (χ1n) is 9.16. The minimum atomic E-state index is -0.278. The number of halogens is 1. The quantitative estimate of drug-likeness (QED) is 0.642. The van der Waals surface area contributed by atoms with Crippen LogP contribution in [0.25, 0.3) is 10.3 Å². The highest BCUT2D eigenvalue weighted by atomic mass is 79.9. The molecule has 1 aliphatic rings. The number of anilines is 2. The van der Waals surface area contributed by atoms with Crippen molar-refractivity contribution in [1.29, 1.82) is 0 Å². The molecule has 1 unspecified atom stereocenters. The zero-order valence-corrected chi connectivity index (χ0v) is 17.8. The number of hydrogen-bond acceptors (Lipinski definition) is 6. The van der Waals surface area contributed by atoms with Crippen molar-refractivity contribution in [1.82, 2.24) is 14.5 Å². The number of nitrogens with zero attached hydrogens (tertiary/aromatic N) is 4. The molecule has 1 fully saturated rings. The Hall–Kier alpha value is -2.26. The molecule has 9 heteroatoms. The highest BCUT2D eigenvalue weighted by molar-refractivity contribution is 9.10. The van der Waals surface area contributed by atoms with E-state index in [1.54, 1.807) is 12.1 Å². The van der Waals surface area contributed by atoms with Crippen LogP contribution in [0.15, 0.2) is 39.9 Å². The Morgan fingerprint density at radius 1 is 1.36 bits per heavy atom. The van der Waals surface area contributed by atoms with E-state index in [0.29, 0.717) is 22.0 Å². The van der Waals surface area contributed by atoms with Crippen molar-refractivity contribution in [2.24, 2.45) is 5.92 Å². The summed E-state index contributed by atoms with van der Waals surface area (Å²) in [7, 11) is 0. The van der Waals surface area contributed by atoms with Crippen LogP contribution < -0.4 is 15.8 Å². The first-order valence-corrected chi connectivity index (χ1v) is 10.8. The van der Waals surface area contributed by atoms with Gasteiger partial charge in [-0.15, -0.1) is 0 Å². The van der Waals surface area contributed by atoms with Crippen molar-refractivity contribution < 1.29 is 4.79 Å². The van der Waals surface area contributed by atoms with Gasteiger partial charge in [-0.2, -0.15) is 4.98 Å². The Morgan fingerprint density at radius 2 is 2.14 bits per heavy atom. The van der Waals surface area contributed by atoms with Gasteiger partial charge in [0.1, 0.15) is 17.6 Å². The molecule has 1 aromatic carbocycles. The van der Waals surface area contributed by atoms with Gasteiger partial charge in [-0.1, -0.05) is 34.2 Å². The number of hydrogen-bond donors (Lipinski definition) is 1. The number of amides is 1. The second kappa shape index (κ2) is 8.00. The van der Waals surface area contributed by atoms with Crippen LogP contribution in [0.5, 0.6) is 0 Å². The summed E-state index contributed by atoms with van der Waals surface area (Å²) >= 11 is 4.72. The number of carbonyl (C=O) groups is 1. The number of fused-ring (bicyclic) bond motifs is 1. The molecule has 1 N–H and O–H groups in total. The van der Waals surface area contributed by atoms with Gasteiger partial charge in [-0.3, -0.25) is 14.2 Å². The largest absolute Gasteiger partial charge is 0.348 e. The summed E-state index contributed by atoms with van der Waals surface area (Å²) in [5.74, 6) is 0.341. The smallest absolute Gasteiger partial charge is 0.273 e. The molecule has 1 amide bonds. The van der Waals surface area contributed by atoms with Gasteiger partial charge in [0.15, 0.2) is 10.8 Å². The fourth-order valence-electron chi connectivity index (χ4n) is 3.33. The van der Waals surface area contributed by atoms with Gasteiger partial charge in [-0.25, -0.2) is 4.98 Å². The fourth-order valence-corrected chi connectivity index (χ4v) is 4.60. The maximum absolute atomic E-state index is 12.8. The van der Waals surface area contributed by atoms with Crippen LogP contribution in [-0.4, -0.2) is 33.5 Å². The Bertz CT molecular complexity index is 1060. The van der Waals surface area contributed by atoms with E-state index in [9.17, 15) is 9.59 Å². The van der Waals surface area contributed by atoms with E-state index in [2.05, 4.69) is 43.0 Å². The molecule has 7 nitrogen and oxygen atoms in total.